The van der Waals surface area contributed by atoms with Gasteiger partial charge in [0.05, 0.1) is 17.7 Å². The van der Waals surface area contributed by atoms with Crippen LogP contribution in [-0.2, 0) is 6.54 Å². The van der Waals surface area contributed by atoms with Crippen LogP contribution in [0.25, 0.3) is 4.85 Å². The van der Waals surface area contributed by atoms with Crippen molar-refractivity contribution < 1.29 is 9.59 Å². The molecule has 0 aromatic heterocycles. The van der Waals surface area contributed by atoms with Crippen molar-refractivity contribution >= 4 is 28.9 Å². The highest BCUT2D eigenvalue weighted by Crippen LogP contribution is 2.19. The third-order valence-electron chi connectivity index (χ3n) is 3.05. The Morgan fingerprint density at radius 1 is 0.885 bits per heavy atom. The molecular formula is C18H26N6O2. The van der Waals surface area contributed by atoms with Crippen molar-refractivity contribution in [2.24, 2.45) is 17.2 Å². The van der Waals surface area contributed by atoms with Gasteiger partial charge >= 0.3 is 0 Å². The van der Waals surface area contributed by atoms with E-state index in [1.165, 1.54) is 18.2 Å². The monoisotopic (exact) mass is 358 g/mol. The lowest BCUT2D eigenvalue weighted by Gasteiger charge is -2.03. The maximum absolute atomic E-state index is 10.8. The molecule has 8 nitrogen and oxygen atoms in total. The molecule has 0 saturated carbocycles. The highest BCUT2D eigenvalue weighted by molar-refractivity contribution is 5.99. The molecule has 2 aromatic rings. The second-order valence-corrected chi connectivity index (χ2v) is 4.74. The summed E-state index contributed by atoms with van der Waals surface area (Å²) < 4.78 is 0. The molecule has 0 unspecified atom stereocenters. The van der Waals surface area contributed by atoms with Crippen molar-refractivity contribution in [2.75, 3.05) is 11.5 Å². The van der Waals surface area contributed by atoms with E-state index in [4.69, 9.17) is 35.2 Å². The zero-order valence-corrected chi connectivity index (χ0v) is 12.8. The predicted octanol–water partition coefficient (Wildman–Crippen LogP) is 2.02. The Kier molecular flexibility index (Phi) is 10.5. The van der Waals surface area contributed by atoms with E-state index in [1.807, 2.05) is 0 Å². The van der Waals surface area contributed by atoms with E-state index in [1.54, 1.807) is 18.2 Å². The first-order valence-electron chi connectivity index (χ1n) is 6.75. The fraction of sp³-hybridized carbons (Fsp3) is 0.167. The van der Waals surface area contributed by atoms with Crippen LogP contribution >= 0.6 is 0 Å². The number of nitrogens with two attached hydrogens (primary N) is 5. The predicted molar refractivity (Wildman–Crippen MR) is 106 cm³/mol. The summed E-state index contributed by atoms with van der Waals surface area (Å²) in [5.74, 6) is -1.14. The van der Waals surface area contributed by atoms with Crippen LogP contribution in [0.2, 0.25) is 0 Å². The Balaban J connectivity index is 0. The van der Waals surface area contributed by atoms with Crippen LogP contribution in [0.4, 0.5) is 17.1 Å². The van der Waals surface area contributed by atoms with E-state index in [0.717, 1.165) is 5.56 Å². The number of nitrogens with zero attached hydrogens (tertiary/aromatic N) is 1. The molecule has 0 fully saturated rings. The summed E-state index contributed by atoms with van der Waals surface area (Å²) in [6, 6.07) is 9.41. The van der Waals surface area contributed by atoms with Crippen molar-refractivity contribution in [3.63, 3.8) is 0 Å². The Morgan fingerprint density at radius 3 is 1.77 bits per heavy atom. The molecule has 10 N–H and O–H groups in total. The largest absolute Gasteiger partial charge is 0.398 e. The molecule has 0 heterocycles. The molecule has 26 heavy (non-hydrogen) atoms. The Hall–Kier alpha value is -3.57. The first-order valence-corrected chi connectivity index (χ1v) is 6.75. The zero-order chi connectivity index (χ0) is 18.3. The topological polar surface area (TPSA) is 169 Å². The third-order valence-corrected chi connectivity index (χ3v) is 3.05. The maximum atomic E-state index is 10.8. The van der Waals surface area contributed by atoms with Crippen molar-refractivity contribution in [1.29, 1.82) is 0 Å². The van der Waals surface area contributed by atoms with Crippen molar-refractivity contribution in [1.82, 2.24) is 0 Å². The fourth-order valence-corrected chi connectivity index (χ4v) is 1.77. The van der Waals surface area contributed by atoms with Gasteiger partial charge < -0.3 is 28.7 Å². The van der Waals surface area contributed by atoms with Crippen LogP contribution in [0, 0.1) is 6.57 Å². The summed E-state index contributed by atoms with van der Waals surface area (Å²) >= 11 is 0. The fourth-order valence-electron chi connectivity index (χ4n) is 1.77. The molecule has 140 valence electrons. The first-order chi connectivity index (χ1) is 11.3. The summed E-state index contributed by atoms with van der Waals surface area (Å²) in [4.78, 5) is 24.7. The molecule has 8 heteroatoms. The molecule has 0 aliphatic heterocycles. The quantitative estimate of drug-likeness (QED) is 0.417. The molecule has 0 aliphatic carbocycles. The van der Waals surface area contributed by atoms with Crippen LogP contribution in [0.15, 0.2) is 36.4 Å². The number of primary amides is 2. The smallest absolute Gasteiger partial charge is 0.250 e. The summed E-state index contributed by atoms with van der Waals surface area (Å²) in [5.41, 5.74) is 28.8. The first kappa shape index (κ1) is 24.7. The molecule has 0 saturated heterocycles. The second-order valence-electron chi connectivity index (χ2n) is 4.74. The van der Waals surface area contributed by atoms with Gasteiger partial charge in [-0.05, 0) is 29.8 Å². The van der Waals surface area contributed by atoms with Crippen molar-refractivity contribution in [3.05, 3.63) is 64.5 Å². The molecule has 0 atom stereocenters. The van der Waals surface area contributed by atoms with Gasteiger partial charge in [-0.3, -0.25) is 9.59 Å². The number of carbonyl (C=O) groups is 2. The Bertz CT molecular complexity index is 812. The standard InChI is InChI=1S/C8H7N3O.C8H11N3O.2CH4/c1-11-5-2-3-7(9)6(4-5)8(10)12;9-4-5-1-2-7(10)6(3-5)8(11)12;;/h2-4H,9H2,(H2,10,12);1-3H,4,9-10H2,(H2,11,12);2*1H4. The number of amides is 2. The van der Waals surface area contributed by atoms with Gasteiger partial charge in [0, 0.05) is 17.9 Å². The van der Waals surface area contributed by atoms with Gasteiger partial charge in [-0.15, -0.1) is 0 Å². The number of hydrogen-bond donors (Lipinski definition) is 5. The highest BCUT2D eigenvalue weighted by Gasteiger charge is 2.06. The van der Waals surface area contributed by atoms with Crippen LogP contribution in [0.5, 0.6) is 0 Å². The number of anilines is 2. The maximum Gasteiger partial charge on any atom is 0.250 e. The van der Waals surface area contributed by atoms with Crippen LogP contribution < -0.4 is 28.7 Å². The van der Waals surface area contributed by atoms with Crippen molar-refractivity contribution in [3.8, 4) is 0 Å². The summed E-state index contributed by atoms with van der Waals surface area (Å²) in [5, 5.41) is 0. The summed E-state index contributed by atoms with van der Waals surface area (Å²) in [7, 11) is 0. The second kappa shape index (κ2) is 11.1. The highest BCUT2D eigenvalue weighted by atomic mass is 16.1. The molecule has 0 aliphatic rings. The van der Waals surface area contributed by atoms with E-state index >= 15 is 0 Å². The number of carbonyl (C=O) groups excluding carboxylic acids is 2. The molecule has 2 rings (SSSR count). The Morgan fingerprint density at radius 2 is 1.35 bits per heavy atom. The average Bonchev–Trinajstić information content (AvgIpc) is 2.56. The van der Waals surface area contributed by atoms with Crippen LogP contribution in [0.1, 0.15) is 41.1 Å². The number of benzene rings is 2. The molecule has 0 radical (unpaired) electrons. The number of hydrogen-bond acceptors (Lipinski definition) is 5. The van der Waals surface area contributed by atoms with E-state index in [2.05, 4.69) is 4.85 Å². The van der Waals surface area contributed by atoms with Crippen molar-refractivity contribution in [2.45, 2.75) is 21.4 Å². The van der Waals surface area contributed by atoms with Gasteiger partial charge in [-0.1, -0.05) is 27.0 Å². The lowest BCUT2D eigenvalue weighted by atomic mass is 10.1. The van der Waals surface area contributed by atoms with Crippen LogP contribution in [0.3, 0.4) is 0 Å². The van der Waals surface area contributed by atoms with Gasteiger partial charge in [-0.2, -0.15) is 0 Å². The lowest BCUT2D eigenvalue weighted by molar-refractivity contribution is 0.0992. The van der Waals surface area contributed by atoms with Gasteiger partial charge in [0.1, 0.15) is 0 Å². The lowest BCUT2D eigenvalue weighted by Crippen LogP contribution is -2.14. The van der Waals surface area contributed by atoms with Gasteiger partial charge in [0.25, 0.3) is 5.91 Å². The average molecular weight is 358 g/mol. The minimum absolute atomic E-state index is 0. The molecule has 0 bridgehead atoms. The van der Waals surface area contributed by atoms with E-state index in [-0.39, 0.29) is 20.4 Å². The minimum Gasteiger partial charge on any atom is -0.398 e. The minimum atomic E-state index is -0.613. The SMILES string of the molecule is C.C.NCc1ccc(N)c(C(N)=O)c1.[C-]#[N+]c1ccc(N)c(C(N)=O)c1. The van der Waals surface area contributed by atoms with Gasteiger partial charge in [0.15, 0.2) is 5.69 Å². The normalized spacial score (nSPS) is 8.62. The summed E-state index contributed by atoms with van der Waals surface area (Å²) in [6.07, 6.45) is 0. The molecular weight excluding hydrogens is 332 g/mol. The van der Waals surface area contributed by atoms with Crippen LogP contribution in [-0.4, -0.2) is 11.8 Å². The third kappa shape index (κ3) is 6.51. The Labute approximate surface area is 153 Å². The van der Waals surface area contributed by atoms with E-state index in [0.29, 0.717) is 29.2 Å². The number of rotatable bonds is 3. The summed E-state index contributed by atoms with van der Waals surface area (Å²) in [6.45, 7) is 7.06. The van der Waals surface area contributed by atoms with E-state index < -0.39 is 11.8 Å². The zero-order valence-electron chi connectivity index (χ0n) is 12.8. The molecule has 0 spiro atoms. The van der Waals surface area contributed by atoms with E-state index in [9.17, 15) is 9.59 Å². The van der Waals surface area contributed by atoms with Gasteiger partial charge in [-0.25, -0.2) is 4.85 Å². The molecule has 2 amide bonds. The number of nitrogen functional groups attached to an aromatic ring is 2. The molecule has 2 aromatic carbocycles. The van der Waals surface area contributed by atoms with Gasteiger partial charge in [0.2, 0.25) is 5.91 Å².